The lowest BCUT2D eigenvalue weighted by Crippen LogP contribution is -2.40. The van der Waals surface area contributed by atoms with Crippen molar-refractivity contribution < 1.29 is 4.74 Å². The highest BCUT2D eigenvalue weighted by Crippen LogP contribution is 2.07. The first kappa shape index (κ1) is 20.7. The van der Waals surface area contributed by atoms with Crippen molar-refractivity contribution in [2.75, 3.05) is 26.7 Å². The van der Waals surface area contributed by atoms with Crippen LogP contribution >= 0.6 is 24.0 Å². The van der Waals surface area contributed by atoms with E-state index in [1.165, 1.54) is 0 Å². The predicted octanol–water partition coefficient (Wildman–Crippen LogP) is 2.47. The van der Waals surface area contributed by atoms with Crippen molar-refractivity contribution in [1.29, 1.82) is 0 Å². The van der Waals surface area contributed by atoms with Crippen molar-refractivity contribution in [2.45, 2.75) is 32.8 Å². The molecule has 0 fully saturated rings. The minimum absolute atomic E-state index is 0. The minimum atomic E-state index is -0.260. The number of imidazole rings is 1. The van der Waals surface area contributed by atoms with Crippen LogP contribution in [0.2, 0.25) is 0 Å². The Morgan fingerprint density at radius 1 is 1.33 bits per heavy atom. The summed E-state index contributed by atoms with van der Waals surface area (Å²) >= 11 is 0. The molecule has 0 bridgehead atoms. The molecule has 0 aliphatic carbocycles. The summed E-state index contributed by atoms with van der Waals surface area (Å²) in [5, 5.41) is 6.59. The second-order valence-electron chi connectivity index (χ2n) is 6.03. The molecule has 2 aromatic heterocycles. The van der Waals surface area contributed by atoms with Crippen LogP contribution in [0.15, 0.2) is 35.6 Å². The lowest BCUT2D eigenvalue weighted by atomic mass is 10.1. The molecule has 0 atom stereocenters. The fourth-order valence-corrected chi connectivity index (χ4v) is 2.09. The highest BCUT2D eigenvalue weighted by molar-refractivity contribution is 14.0. The molecule has 0 aliphatic heterocycles. The van der Waals surface area contributed by atoms with E-state index in [4.69, 9.17) is 4.74 Å². The molecule has 0 unspecified atom stereocenters. The lowest BCUT2D eigenvalue weighted by Gasteiger charge is -2.21. The van der Waals surface area contributed by atoms with E-state index < -0.39 is 0 Å². The second-order valence-corrected chi connectivity index (χ2v) is 6.03. The second kappa shape index (κ2) is 9.83. The number of hydrogen-bond donors (Lipinski definition) is 2. The van der Waals surface area contributed by atoms with E-state index in [-0.39, 0.29) is 29.6 Å². The minimum Gasteiger partial charge on any atom is -0.377 e. The quantitative estimate of drug-likeness (QED) is 0.391. The Kier molecular flexibility index (Phi) is 8.47. The zero-order valence-corrected chi connectivity index (χ0v) is 17.2. The van der Waals surface area contributed by atoms with E-state index in [1.54, 1.807) is 7.11 Å². The number of fused-ring (bicyclic) bond motifs is 1. The van der Waals surface area contributed by atoms with Crippen LogP contribution in [0.1, 0.15) is 26.5 Å². The number of nitrogens with one attached hydrogen (secondary N) is 2. The summed E-state index contributed by atoms with van der Waals surface area (Å²) in [6.07, 6.45) is 4.92. The number of pyridine rings is 1. The van der Waals surface area contributed by atoms with Crippen molar-refractivity contribution in [3.63, 3.8) is 0 Å². The van der Waals surface area contributed by atoms with Crippen LogP contribution in [0, 0.1) is 0 Å². The van der Waals surface area contributed by atoms with Gasteiger partial charge >= 0.3 is 0 Å². The topological polar surface area (TPSA) is 63.0 Å². The smallest absolute Gasteiger partial charge is 0.191 e. The van der Waals surface area contributed by atoms with Gasteiger partial charge in [0.2, 0.25) is 0 Å². The maximum absolute atomic E-state index is 5.40. The van der Waals surface area contributed by atoms with Gasteiger partial charge in [0.1, 0.15) is 5.65 Å². The Morgan fingerprint density at radius 3 is 2.79 bits per heavy atom. The van der Waals surface area contributed by atoms with Crippen LogP contribution in [-0.4, -0.2) is 47.7 Å². The largest absolute Gasteiger partial charge is 0.377 e. The van der Waals surface area contributed by atoms with Gasteiger partial charge in [0.25, 0.3) is 0 Å². The molecule has 0 saturated heterocycles. The summed E-state index contributed by atoms with van der Waals surface area (Å²) in [5.41, 5.74) is 1.78. The summed E-state index contributed by atoms with van der Waals surface area (Å²) < 4.78 is 7.44. The highest BCUT2D eigenvalue weighted by atomic mass is 127. The van der Waals surface area contributed by atoms with Gasteiger partial charge in [-0.1, -0.05) is 6.07 Å². The molecule has 2 N–H and O–H groups in total. The van der Waals surface area contributed by atoms with Gasteiger partial charge < -0.3 is 19.8 Å². The Labute approximate surface area is 161 Å². The van der Waals surface area contributed by atoms with Gasteiger partial charge in [-0.05, 0) is 32.9 Å². The first-order valence-electron chi connectivity index (χ1n) is 8.04. The Hall–Kier alpha value is -1.35. The number of aromatic nitrogens is 2. The van der Waals surface area contributed by atoms with Gasteiger partial charge in [-0.15, -0.1) is 24.0 Å². The molecule has 7 heteroatoms. The van der Waals surface area contributed by atoms with Gasteiger partial charge in [0.15, 0.2) is 5.96 Å². The number of methoxy groups -OCH3 is 1. The molecule has 134 valence electrons. The van der Waals surface area contributed by atoms with E-state index in [9.17, 15) is 0 Å². The molecule has 0 amide bonds. The van der Waals surface area contributed by atoms with Crippen LogP contribution in [0.5, 0.6) is 0 Å². The van der Waals surface area contributed by atoms with Crippen LogP contribution in [-0.2, 0) is 11.2 Å². The lowest BCUT2D eigenvalue weighted by molar-refractivity contribution is 0.0310. The number of halogens is 1. The monoisotopic (exact) mass is 445 g/mol. The standard InChI is InChI=1S/C17H27N5O.HI/c1-5-18-16(20-13-17(2,3)23-4)19-10-9-14-12-22-11-7-6-8-15(22)21-14;/h6-8,11-12H,5,9-10,13H2,1-4H3,(H2,18,19,20);1H. The number of hydrogen-bond acceptors (Lipinski definition) is 3. The van der Waals surface area contributed by atoms with Crippen molar-refractivity contribution in [3.8, 4) is 0 Å². The molecule has 2 aromatic rings. The number of ether oxygens (including phenoxy) is 1. The fourth-order valence-electron chi connectivity index (χ4n) is 2.09. The van der Waals surface area contributed by atoms with Crippen molar-refractivity contribution in [3.05, 3.63) is 36.3 Å². The molecule has 2 rings (SSSR count). The summed E-state index contributed by atoms with van der Waals surface area (Å²) in [7, 11) is 1.71. The fraction of sp³-hybridized carbons (Fsp3) is 0.529. The maximum atomic E-state index is 5.40. The average Bonchev–Trinajstić information content (AvgIpc) is 2.95. The molecular weight excluding hydrogens is 417 g/mol. The third-order valence-corrected chi connectivity index (χ3v) is 3.60. The summed E-state index contributed by atoms with van der Waals surface area (Å²) in [4.78, 5) is 9.17. The molecule has 0 radical (unpaired) electrons. The van der Waals surface area contributed by atoms with Crippen LogP contribution in [0.25, 0.3) is 5.65 Å². The molecule has 6 nitrogen and oxygen atoms in total. The molecular formula is C17H28IN5O. The highest BCUT2D eigenvalue weighted by Gasteiger charge is 2.15. The third-order valence-electron chi connectivity index (χ3n) is 3.60. The Bertz CT molecular complexity index is 620. The first-order valence-corrected chi connectivity index (χ1v) is 8.04. The summed E-state index contributed by atoms with van der Waals surface area (Å²) in [5.74, 6) is 0.807. The van der Waals surface area contributed by atoms with Gasteiger partial charge in [0, 0.05) is 39.0 Å². The Morgan fingerprint density at radius 2 is 2.12 bits per heavy atom. The first-order chi connectivity index (χ1) is 11.0. The predicted molar refractivity (Wildman–Crippen MR) is 109 cm³/mol. The van der Waals surface area contributed by atoms with Gasteiger partial charge in [-0.2, -0.15) is 0 Å². The van der Waals surface area contributed by atoms with Crippen LogP contribution in [0.3, 0.4) is 0 Å². The number of nitrogens with zero attached hydrogens (tertiary/aromatic N) is 3. The molecule has 2 heterocycles. The molecule has 24 heavy (non-hydrogen) atoms. The van der Waals surface area contributed by atoms with E-state index in [1.807, 2.05) is 42.6 Å². The van der Waals surface area contributed by atoms with Crippen LogP contribution in [0.4, 0.5) is 0 Å². The molecule has 0 aromatic carbocycles. The average molecular weight is 445 g/mol. The van der Waals surface area contributed by atoms with Crippen molar-refractivity contribution >= 4 is 35.6 Å². The van der Waals surface area contributed by atoms with E-state index in [0.29, 0.717) is 6.54 Å². The number of aliphatic imine (C=N–C) groups is 1. The summed E-state index contributed by atoms with van der Waals surface area (Å²) in [6.45, 7) is 8.32. The third kappa shape index (κ3) is 6.27. The van der Waals surface area contributed by atoms with E-state index >= 15 is 0 Å². The molecule has 0 saturated carbocycles. The SMILES string of the molecule is CCNC(=NCC(C)(C)OC)NCCc1cn2ccccc2n1.I. The molecule has 0 spiro atoms. The van der Waals surface area contributed by atoms with Gasteiger partial charge in [-0.3, -0.25) is 4.99 Å². The Balaban J connectivity index is 0.00000288. The number of rotatable bonds is 7. The van der Waals surface area contributed by atoms with Gasteiger partial charge in [-0.25, -0.2) is 4.98 Å². The maximum Gasteiger partial charge on any atom is 0.191 e. The van der Waals surface area contributed by atoms with Gasteiger partial charge in [0.05, 0.1) is 17.8 Å². The summed E-state index contributed by atoms with van der Waals surface area (Å²) in [6, 6.07) is 6.01. The normalized spacial score (nSPS) is 12.1. The van der Waals surface area contributed by atoms with E-state index in [2.05, 4.69) is 33.7 Å². The van der Waals surface area contributed by atoms with E-state index in [0.717, 1.165) is 36.8 Å². The molecule has 0 aliphatic rings. The zero-order chi connectivity index (χ0) is 16.7. The van der Waals surface area contributed by atoms with Crippen molar-refractivity contribution in [2.24, 2.45) is 4.99 Å². The number of guanidine groups is 1. The van der Waals surface area contributed by atoms with Crippen LogP contribution < -0.4 is 10.6 Å². The van der Waals surface area contributed by atoms with Crippen molar-refractivity contribution in [1.82, 2.24) is 20.0 Å². The zero-order valence-electron chi connectivity index (χ0n) is 14.9.